The molecule has 0 unspecified atom stereocenters. The number of aromatic nitrogens is 2. The summed E-state index contributed by atoms with van der Waals surface area (Å²) in [5.74, 6) is -3.27. The van der Waals surface area contributed by atoms with Crippen molar-refractivity contribution >= 4 is 11.6 Å². The molecule has 29 heavy (non-hydrogen) atoms. The summed E-state index contributed by atoms with van der Waals surface area (Å²) in [5.41, 5.74) is 0.572. The van der Waals surface area contributed by atoms with Crippen LogP contribution >= 0.6 is 11.6 Å². The van der Waals surface area contributed by atoms with Crippen LogP contribution in [0.2, 0.25) is 5.02 Å². The molecule has 0 aliphatic heterocycles. The molecule has 152 valence electrons. The lowest BCUT2D eigenvalue weighted by molar-refractivity contribution is 0.582. The first kappa shape index (κ1) is 21.2. The Labute approximate surface area is 171 Å². The number of nitrogens with zero attached hydrogens (tertiary/aromatic N) is 2. The van der Waals surface area contributed by atoms with Gasteiger partial charge < -0.3 is 0 Å². The van der Waals surface area contributed by atoms with E-state index in [4.69, 9.17) is 11.6 Å². The van der Waals surface area contributed by atoms with Crippen LogP contribution in [0.1, 0.15) is 38.2 Å². The third-order valence-corrected chi connectivity index (χ3v) is 4.96. The van der Waals surface area contributed by atoms with Crippen molar-refractivity contribution in [2.75, 3.05) is 0 Å². The van der Waals surface area contributed by atoms with Gasteiger partial charge in [-0.1, -0.05) is 37.8 Å². The number of halogens is 5. The van der Waals surface area contributed by atoms with Crippen LogP contribution in [0.3, 0.4) is 0 Å². The lowest BCUT2D eigenvalue weighted by Gasteiger charge is -2.09. The molecule has 1 heterocycles. The predicted octanol–water partition coefficient (Wildman–Crippen LogP) is 7.14. The Kier molecular flexibility index (Phi) is 6.85. The summed E-state index contributed by atoms with van der Waals surface area (Å²) < 4.78 is 56.3. The number of unbranched alkanes of at least 4 members (excludes halogenated alkanes) is 3. The van der Waals surface area contributed by atoms with Crippen molar-refractivity contribution in [1.29, 1.82) is 0 Å². The number of benzene rings is 2. The van der Waals surface area contributed by atoms with Gasteiger partial charge in [-0.05, 0) is 42.7 Å². The minimum absolute atomic E-state index is 0.0107. The maximum Gasteiger partial charge on any atom is 0.159 e. The van der Waals surface area contributed by atoms with Gasteiger partial charge in [0.05, 0.1) is 5.56 Å². The van der Waals surface area contributed by atoms with Gasteiger partial charge in [0.15, 0.2) is 5.82 Å². The molecule has 1 aromatic heterocycles. The maximum atomic E-state index is 14.5. The van der Waals surface area contributed by atoms with E-state index in [-0.39, 0.29) is 22.5 Å². The van der Waals surface area contributed by atoms with Crippen molar-refractivity contribution in [3.63, 3.8) is 0 Å². The lowest BCUT2D eigenvalue weighted by Crippen LogP contribution is -1.98. The fourth-order valence-corrected chi connectivity index (χ4v) is 3.20. The van der Waals surface area contributed by atoms with Gasteiger partial charge in [0.2, 0.25) is 0 Å². The van der Waals surface area contributed by atoms with Gasteiger partial charge in [0.25, 0.3) is 0 Å². The fourth-order valence-electron chi connectivity index (χ4n) is 3.09. The highest BCUT2D eigenvalue weighted by Crippen LogP contribution is 2.29. The molecule has 0 aliphatic carbocycles. The third kappa shape index (κ3) is 4.93. The summed E-state index contributed by atoms with van der Waals surface area (Å²) in [5, 5.41) is -0.621. The zero-order chi connectivity index (χ0) is 21.0. The number of rotatable bonds is 7. The third-order valence-electron chi connectivity index (χ3n) is 4.60. The Morgan fingerprint density at radius 2 is 1.34 bits per heavy atom. The molecule has 0 radical (unpaired) electrons. The molecule has 0 saturated heterocycles. The first-order valence-electron chi connectivity index (χ1n) is 9.36. The van der Waals surface area contributed by atoms with Crippen molar-refractivity contribution in [3.8, 4) is 22.5 Å². The van der Waals surface area contributed by atoms with Gasteiger partial charge in [-0.3, -0.25) is 0 Å². The van der Waals surface area contributed by atoms with E-state index in [1.165, 1.54) is 24.5 Å². The van der Waals surface area contributed by atoms with Gasteiger partial charge in [0.1, 0.15) is 28.3 Å². The molecule has 0 saturated carbocycles. The van der Waals surface area contributed by atoms with E-state index in [0.29, 0.717) is 12.0 Å². The number of hydrogen-bond acceptors (Lipinski definition) is 2. The monoisotopic (exact) mass is 422 g/mol. The molecule has 0 spiro atoms. The normalized spacial score (nSPS) is 11.1. The Hall–Kier alpha value is -2.47. The van der Waals surface area contributed by atoms with Gasteiger partial charge >= 0.3 is 0 Å². The van der Waals surface area contributed by atoms with Gasteiger partial charge in [0, 0.05) is 23.5 Å². The Morgan fingerprint density at radius 1 is 0.759 bits per heavy atom. The van der Waals surface area contributed by atoms with Crippen LogP contribution in [0.4, 0.5) is 17.6 Å². The average molecular weight is 423 g/mol. The molecule has 0 fully saturated rings. The van der Waals surface area contributed by atoms with Crippen LogP contribution in [-0.4, -0.2) is 9.97 Å². The van der Waals surface area contributed by atoms with E-state index in [1.807, 2.05) is 0 Å². The van der Waals surface area contributed by atoms with Crippen LogP contribution in [-0.2, 0) is 6.42 Å². The minimum Gasteiger partial charge on any atom is -0.236 e. The Balaban J connectivity index is 1.84. The highest BCUT2D eigenvalue weighted by molar-refractivity contribution is 6.30. The molecule has 0 aliphatic rings. The second-order valence-corrected chi connectivity index (χ2v) is 7.17. The summed E-state index contributed by atoms with van der Waals surface area (Å²) in [4.78, 5) is 7.98. The second-order valence-electron chi connectivity index (χ2n) is 6.79. The van der Waals surface area contributed by atoms with Gasteiger partial charge in [-0.25, -0.2) is 27.5 Å². The molecule has 2 nitrogen and oxygen atoms in total. The molecule has 0 amide bonds. The Morgan fingerprint density at radius 3 is 1.90 bits per heavy atom. The molecule has 0 N–H and O–H groups in total. The van der Waals surface area contributed by atoms with E-state index in [9.17, 15) is 17.6 Å². The lowest BCUT2D eigenvalue weighted by atomic mass is 10.0. The predicted molar refractivity (Wildman–Crippen MR) is 106 cm³/mol. The molecular formula is C22H19ClF4N2. The summed E-state index contributed by atoms with van der Waals surface area (Å²) >= 11 is 5.46. The smallest absolute Gasteiger partial charge is 0.159 e. The first-order chi connectivity index (χ1) is 13.9. The van der Waals surface area contributed by atoms with Crippen molar-refractivity contribution in [2.45, 2.75) is 39.0 Å². The van der Waals surface area contributed by atoms with E-state index in [2.05, 4.69) is 16.9 Å². The Bertz CT molecular complexity index is 960. The SMILES string of the molecule is CCCCCCc1cc(F)c(-c2cnc(-c3cc(F)c(Cl)c(F)c3)nc2)c(F)c1. The van der Waals surface area contributed by atoms with E-state index in [1.54, 1.807) is 0 Å². The van der Waals surface area contributed by atoms with E-state index < -0.39 is 28.3 Å². The van der Waals surface area contributed by atoms with Gasteiger partial charge in [-0.2, -0.15) is 0 Å². The average Bonchev–Trinajstić information content (AvgIpc) is 2.69. The van der Waals surface area contributed by atoms with Crippen LogP contribution < -0.4 is 0 Å². The summed E-state index contributed by atoms with van der Waals surface area (Å²) in [7, 11) is 0. The van der Waals surface area contributed by atoms with Crippen LogP contribution in [0.15, 0.2) is 36.7 Å². The molecule has 3 rings (SSSR count). The maximum absolute atomic E-state index is 14.5. The van der Waals surface area contributed by atoms with Crippen molar-refractivity contribution in [1.82, 2.24) is 9.97 Å². The van der Waals surface area contributed by atoms with Crippen molar-refractivity contribution in [3.05, 3.63) is 70.5 Å². The molecular weight excluding hydrogens is 404 g/mol. The molecule has 0 atom stereocenters. The summed E-state index contributed by atoms with van der Waals surface area (Å²) in [6.07, 6.45) is 7.11. The van der Waals surface area contributed by atoms with Crippen LogP contribution in [0, 0.1) is 23.3 Å². The van der Waals surface area contributed by atoms with Crippen molar-refractivity contribution in [2.24, 2.45) is 0 Å². The second kappa shape index (κ2) is 9.35. The zero-order valence-electron chi connectivity index (χ0n) is 15.8. The number of aryl methyl sites for hydroxylation is 1. The topological polar surface area (TPSA) is 25.8 Å². The van der Waals surface area contributed by atoms with Crippen molar-refractivity contribution < 1.29 is 17.6 Å². The number of hydrogen-bond donors (Lipinski definition) is 0. The molecule has 3 aromatic rings. The summed E-state index contributed by atoms with van der Waals surface area (Å²) in [6, 6.07) is 4.63. The summed E-state index contributed by atoms with van der Waals surface area (Å²) in [6.45, 7) is 2.10. The fraction of sp³-hybridized carbons (Fsp3) is 0.273. The van der Waals surface area contributed by atoms with Gasteiger partial charge in [-0.15, -0.1) is 0 Å². The van der Waals surface area contributed by atoms with Crippen LogP contribution in [0.25, 0.3) is 22.5 Å². The minimum atomic E-state index is -0.944. The molecule has 0 bridgehead atoms. The molecule has 2 aromatic carbocycles. The highest BCUT2D eigenvalue weighted by Gasteiger charge is 2.16. The molecule has 7 heteroatoms. The largest absolute Gasteiger partial charge is 0.236 e. The van der Waals surface area contributed by atoms with Crippen LogP contribution in [0.5, 0.6) is 0 Å². The standard InChI is InChI=1S/C22H19ClF4N2/c1-2-3-4-5-6-13-7-16(24)20(17(25)8-13)15-11-28-22(29-12-15)14-9-18(26)21(23)19(27)10-14/h7-12H,2-6H2,1H3. The quantitative estimate of drug-likeness (QED) is 0.229. The van der Waals surface area contributed by atoms with E-state index in [0.717, 1.165) is 37.8 Å². The highest BCUT2D eigenvalue weighted by atomic mass is 35.5. The zero-order valence-corrected chi connectivity index (χ0v) is 16.5. The van der Waals surface area contributed by atoms with E-state index >= 15 is 0 Å². The first-order valence-corrected chi connectivity index (χ1v) is 9.73.